The molecule has 0 aromatic heterocycles. The van der Waals surface area contributed by atoms with E-state index in [1.807, 2.05) is 74.5 Å². The Morgan fingerprint density at radius 2 is 1.48 bits per heavy atom. The summed E-state index contributed by atoms with van der Waals surface area (Å²) >= 11 is 0. The summed E-state index contributed by atoms with van der Waals surface area (Å²) in [4.78, 5) is 0. The molecule has 0 aliphatic carbocycles. The zero-order valence-electron chi connectivity index (χ0n) is 17.5. The minimum absolute atomic E-state index is 0.0645. The molecule has 0 spiro atoms. The van der Waals surface area contributed by atoms with Gasteiger partial charge in [0.15, 0.2) is 0 Å². The molecule has 7 N–H and O–H groups in total. The van der Waals surface area contributed by atoms with Gasteiger partial charge in [-0.1, -0.05) is 51.3 Å². The van der Waals surface area contributed by atoms with Crippen molar-refractivity contribution in [3.8, 4) is 0 Å². The molecule has 0 saturated heterocycles. The smallest absolute Gasteiger partial charge is 0.122 e. The van der Waals surface area contributed by atoms with E-state index < -0.39 is 0 Å². The van der Waals surface area contributed by atoms with Gasteiger partial charge in [-0.2, -0.15) is 0 Å². The van der Waals surface area contributed by atoms with E-state index in [4.69, 9.17) is 16.9 Å². The number of rotatable bonds is 10. The summed E-state index contributed by atoms with van der Waals surface area (Å²) in [5.41, 5.74) is 16.9. The number of benzene rings is 2. The Hall–Kier alpha value is -3.31. The molecule has 0 heterocycles. The van der Waals surface area contributed by atoms with Gasteiger partial charge in [-0.25, -0.2) is 0 Å². The molecule has 5 heteroatoms. The summed E-state index contributed by atoms with van der Waals surface area (Å²) in [6.07, 6.45) is 3.85. The van der Waals surface area contributed by atoms with Crippen LogP contribution < -0.4 is 22.1 Å². The first-order chi connectivity index (χ1) is 14.0. The first-order valence-corrected chi connectivity index (χ1v) is 9.74. The molecule has 154 valence electrons. The first-order valence-electron chi connectivity index (χ1n) is 9.74. The number of hydrogen-bond donors (Lipinski definition) is 5. The molecule has 0 radical (unpaired) electrons. The Bertz CT molecular complexity index is 817. The lowest BCUT2D eigenvalue weighted by Crippen LogP contribution is -2.11. The third-order valence-corrected chi connectivity index (χ3v) is 4.05. The van der Waals surface area contributed by atoms with Crippen molar-refractivity contribution in [2.24, 2.45) is 11.5 Å². The zero-order chi connectivity index (χ0) is 21.6. The van der Waals surface area contributed by atoms with Crippen molar-refractivity contribution in [2.45, 2.75) is 20.4 Å². The van der Waals surface area contributed by atoms with Crippen LogP contribution in [-0.4, -0.2) is 18.9 Å². The molecule has 2 aromatic rings. The fourth-order valence-electron chi connectivity index (χ4n) is 2.44. The highest BCUT2D eigenvalue weighted by atomic mass is 14.9. The summed E-state index contributed by atoms with van der Waals surface area (Å²) in [5, 5.41) is 14.1. The van der Waals surface area contributed by atoms with Crippen molar-refractivity contribution in [3.05, 3.63) is 96.1 Å². The number of amidine groups is 1. The van der Waals surface area contributed by atoms with Crippen molar-refractivity contribution in [3.63, 3.8) is 0 Å². The summed E-state index contributed by atoms with van der Waals surface area (Å²) in [5.74, 6) is 0.0645. The highest BCUT2D eigenvalue weighted by molar-refractivity contribution is 5.95. The van der Waals surface area contributed by atoms with Crippen LogP contribution in [0.1, 0.15) is 25.0 Å². The van der Waals surface area contributed by atoms with Crippen molar-refractivity contribution in [1.82, 2.24) is 0 Å². The molecule has 0 unspecified atom stereocenters. The van der Waals surface area contributed by atoms with Crippen LogP contribution in [-0.2, 0) is 6.54 Å². The van der Waals surface area contributed by atoms with E-state index in [9.17, 15) is 0 Å². The minimum Gasteiger partial charge on any atom is -0.384 e. The van der Waals surface area contributed by atoms with Gasteiger partial charge < -0.3 is 22.1 Å². The van der Waals surface area contributed by atoms with Crippen molar-refractivity contribution >= 4 is 17.2 Å². The van der Waals surface area contributed by atoms with Gasteiger partial charge in [0, 0.05) is 36.6 Å². The Balaban J connectivity index is 0.00000204. The summed E-state index contributed by atoms with van der Waals surface area (Å²) < 4.78 is 0. The van der Waals surface area contributed by atoms with Gasteiger partial charge in [-0.15, -0.1) is 0 Å². The number of nitrogens with two attached hydrogens (primary N) is 2. The maximum Gasteiger partial charge on any atom is 0.122 e. The fraction of sp³-hybridized carbons (Fsp3) is 0.208. The largest absolute Gasteiger partial charge is 0.384 e. The topological polar surface area (TPSA) is 100.0 Å². The summed E-state index contributed by atoms with van der Waals surface area (Å²) in [7, 11) is 0. The molecular formula is C24H33N5. The lowest BCUT2D eigenvalue weighted by atomic mass is 10.1. The van der Waals surface area contributed by atoms with E-state index in [1.54, 1.807) is 0 Å². The first kappa shape index (κ1) is 23.7. The highest BCUT2D eigenvalue weighted by Gasteiger charge is 1.99. The summed E-state index contributed by atoms with van der Waals surface area (Å²) in [6.45, 7) is 13.8. The van der Waals surface area contributed by atoms with E-state index in [0.29, 0.717) is 25.2 Å². The average Bonchev–Trinajstić information content (AvgIpc) is 2.77. The predicted molar refractivity (Wildman–Crippen MR) is 128 cm³/mol. The van der Waals surface area contributed by atoms with Gasteiger partial charge in [0.2, 0.25) is 0 Å². The second-order valence-electron chi connectivity index (χ2n) is 6.18. The van der Waals surface area contributed by atoms with E-state index in [0.717, 1.165) is 28.1 Å². The number of anilines is 2. The van der Waals surface area contributed by atoms with E-state index >= 15 is 0 Å². The molecular weight excluding hydrogens is 358 g/mol. The predicted octanol–water partition coefficient (Wildman–Crippen LogP) is 4.65. The third-order valence-electron chi connectivity index (χ3n) is 4.05. The normalized spacial score (nSPS) is 10.4. The minimum atomic E-state index is 0.0645. The molecule has 0 aliphatic rings. The molecule has 29 heavy (non-hydrogen) atoms. The third kappa shape index (κ3) is 8.49. The van der Waals surface area contributed by atoms with E-state index in [2.05, 4.69) is 23.8 Å². The lowest BCUT2D eigenvalue weighted by molar-refractivity contribution is 1.07. The van der Waals surface area contributed by atoms with Crippen LogP contribution >= 0.6 is 0 Å². The van der Waals surface area contributed by atoms with Crippen LogP contribution in [0.15, 0.2) is 85.0 Å². The highest BCUT2D eigenvalue weighted by Crippen LogP contribution is 2.12. The number of nitrogen functional groups attached to an aromatic ring is 1. The molecule has 0 aliphatic heterocycles. The Morgan fingerprint density at radius 1 is 0.966 bits per heavy atom. The van der Waals surface area contributed by atoms with Gasteiger partial charge in [-0.3, -0.25) is 5.41 Å². The maximum absolute atomic E-state index is 7.41. The van der Waals surface area contributed by atoms with E-state index in [-0.39, 0.29) is 5.84 Å². The second kappa shape index (κ2) is 13.0. The van der Waals surface area contributed by atoms with Crippen LogP contribution in [0.2, 0.25) is 0 Å². The van der Waals surface area contributed by atoms with Crippen LogP contribution in [0.3, 0.4) is 0 Å². The fourth-order valence-corrected chi connectivity index (χ4v) is 2.44. The van der Waals surface area contributed by atoms with Gasteiger partial charge in [-0.05, 0) is 53.1 Å². The van der Waals surface area contributed by atoms with Gasteiger partial charge in [0.1, 0.15) is 5.84 Å². The van der Waals surface area contributed by atoms with Crippen molar-refractivity contribution in [1.29, 1.82) is 5.41 Å². The van der Waals surface area contributed by atoms with Crippen LogP contribution in [0, 0.1) is 5.41 Å². The quantitative estimate of drug-likeness (QED) is 0.231. The average molecular weight is 392 g/mol. The number of nitrogens with one attached hydrogen (secondary N) is 3. The maximum atomic E-state index is 7.41. The molecule has 2 rings (SSSR count). The standard InChI is InChI=1S/C22H27N5.C2H6/c1-3-17(15-27-20-8-4-18(13-23)5-9-20)12-16(2)14-26-21-10-6-19(7-11-21)22(24)25;1-2/h3-12,26-27H,1-2,13-15,23H2,(H3,24,25);1-2H3/b17-12+;. The van der Waals surface area contributed by atoms with E-state index in [1.165, 1.54) is 0 Å². The van der Waals surface area contributed by atoms with Crippen LogP contribution in [0.5, 0.6) is 0 Å². The Kier molecular flexibility index (Phi) is 10.6. The van der Waals surface area contributed by atoms with Crippen LogP contribution in [0.4, 0.5) is 11.4 Å². The van der Waals surface area contributed by atoms with Crippen molar-refractivity contribution < 1.29 is 0 Å². The second-order valence-corrected chi connectivity index (χ2v) is 6.18. The molecule has 2 aromatic carbocycles. The Labute approximate surface area is 174 Å². The van der Waals surface area contributed by atoms with Crippen molar-refractivity contribution in [2.75, 3.05) is 23.7 Å². The molecule has 5 nitrogen and oxygen atoms in total. The Morgan fingerprint density at radius 3 is 1.97 bits per heavy atom. The van der Waals surface area contributed by atoms with Gasteiger partial charge >= 0.3 is 0 Å². The SMILES string of the molecule is C=C/C(=C\C(=C)CNc1ccc(C(=N)N)cc1)CNc1ccc(CN)cc1.CC. The van der Waals surface area contributed by atoms with Gasteiger partial charge in [0.25, 0.3) is 0 Å². The van der Waals surface area contributed by atoms with Crippen LogP contribution in [0.25, 0.3) is 0 Å². The monoisotopic (exact) mass is 391 g/mol. The molecule has 0 saturated carbocycles. The van der Waals surface area contributed by atoms with Gasteiger partial charge in [0.05, 0.1) is 0 Å². The zero-order valence-corrected chi connectivity index (χ0v) is 17.5. The lowest BCUT2D eigenvalue weighted by Gasteiger charge is -2.10. The molecule has 0 fully saturated rings. The molecule has 0 atom stereocenters. The summed E-state index contributed by atoms with van der Waals surface area (Å²) in [6, 6.07) is 15.5. The number of hydrogen-bond acceptors (Lipinski definition) is 4. The molecule has 0 amide bonds. The molecule has 0 bridgehead atoms.